The van der Waals surface area contributed by atoms with E-state index in [9.17, 15) is 5.11 Å². The first-order chi connectivity index (χ1) is 9.35. The molecule has 1 heteroatoms. The summed E-state index contributed by atoms with van der Waals surface area (Å²) in [5.41, 5.74) is 3.21. The minimum absolute atomic E-state index is 0.122. The predicted octanol–water partition coefficient (Wildman–Crippen LogP) is 4.75. The summed E-state index contributed by atoms with van der Waals surface area (Å²) in [4.78, 5) is 0. The zero-order chi connectivity index (χ0) is 14.8. The van der Waals surface area contributed by atoms with Crippen LogP contribution in [0.5, 0.6) is 0 Å². The number of aliphatic hydroxyl groups is 1. The molecule has 2 rings (SSSR count). The average molecular weight is 274 g/mol. The molecule has 1 fully saturated rings. The maximum Gasteiger partial charge on any atom is 0.0490 e. The van der Waals surface area contributed by atoms with Crippen LogP contribution in [-0.4, -0.2) is 11.7 Å². The monoisotopic (exact) mass is 274 g/mol. The molecule has 0 unspecified atom stereocenters. The normalized spacial score (nSPS) is 27.6. The summed E-state index contributed by atoms with van der Waals surface area (Å²) in [5, 5.41) is 9.95. The summed E-state index contributed by atoms with van der Waals surface area (Å²) in [7, 11) is 0. The molecule has 0 heterocycles. The number of aryl methyl sites for hydroxylation is 1. The minimum atomic E-state index is 0.122. The first-order valence-electron chi connectivity index (χ1n) is 8.01. The molecule has 112 valence electrons. The summed E-state index contributed by atoms with van der Waals surface area (Å²) in [6.45, 7) is 9.51. The fraction of sp³-hybridized carbons (Fsp3) is 0.684. The zero-order valence-corrected chi connectivity index (χ0v) is 13.6. The number of rotatable bonds is 3. The second kappa shape index (κ2) is 5.89. The lowest BCUT2D eigenvalue weighted by atomic mass is 9.62. The largest absolute Gasteiger partial charge is 0.396 e. The third-order valence-corrected chi connectivity index (χ3v) is 5.31. The Kier molecular flexibility index (Phi) is 4.59. The fourth-order valence-electron chi connectivity index (χ4n) is 3.63. The van der Waals surface area contributed by atoms with Gasteiger partial charge >= 0.3 is 0 Å². The van der Waals surface area contributed by atoms with Crippen LogP contribution in [0.3, 0.4) is 0 Å². The molecule has 20 heavy (non-hydrogen) atoms. The van der Waals surface area contributed by atoms with Gasteiger partial charge in [-0.05, 0) is 61.3 Å². The van der Waals surface area contributed by atoms with Gasteiger partial charge < -0.3 is 5.11 Å². The van der Waals surface area contributed by atoms with E-state index in [1.807, 2.05) is 0 Å². The van der Waals surface area contributed by atoms with E-state index in [0.717, 1.165) is 12.3 Å². The van der Waals surface area contributed by atoms with Crippen molar-refractivity contribution >= 4 is 0 Å². The zero-order valence-electron chi connectivity index (χ0n) is 13.6. The number of benzene rings is 1. The smallest absolute Gasteiger partial charge is 0.0490 e. The van der Waals surface area contributed by atoms with Gasteiger partial charge in [0.2, 0.25) is 0 Å². The van der Waals surface area contributed by atoms with Crippen LogP contribution in [0.1, 0.15) is 57.6 Å². The molecule has 1 aromatic rings. The molecule has 1 nitrogen and oxygen atoms in total. The van der Waals surface area contributed by atoms with E-state index in [-0.39, 0.29) is 5.41 Å². The highest BCUT2D eigenvalue weighted by atomic mass is 16.3. The van der Waals surface area contributed by atoms with Gasteiger partial charge in [0.15, 0.2) is 0 Å². The fourth-order valence-corrected chi connectivity index (χ4v) is 3.63. The molecule has 0 aromatic heterocycles. The number of hydrogen-bond donors (Lipinski definition) is 1. The maximum atomic E-state index is 9.95. The van der Waals surface area contributed by atoms with Gasteiger partial charge in [0.1, 0.15) is 0 Å². The van der Waals surface area contributed by atoms with Crippen molar-refractivity contribution in [3.8, 4) is 0 Å². The number of hydrogen-bond acceptors (Lipinski definition) is 1. The van der Waals surface area contributed by atoms with Gasteiger partial charge in [-0.3, -0.25) is 0 Å². The summed E-state index contributed by atoms with van der Waals surface area (Å²) < 4.78 is 0. The SMILES string of the molecule is Cc1ccc(CC2(CO)CCC(C(C)(C)C)CC2)cc1. The Labute approximate surface area is 124 Å². The van der Waals surface area contributed by atoms with Crippen LogP contribution < -0.4 is 0 Å². The first-order valence-corrected chi connectivity index (χ1v) is 8.01. The highest BCUT2D eigenvalue weighted by Crippen LogP contribution is 2.46. The highest BCUT2D eigenvalue weighted by Gasteiger charge is 2.38. The van der Waals surface area contributed by atoms with E-state index in [1.165, 1.54) is 36.8 Å². The van der Waals surface area contributed by atoms with Crippen molar-refractivity contribution in [3.63, 3.8) is 0 Å². The van der Waals surface area contributed by atoms with Crippen molar-refractivity contribution < 1.29 is 5.11 Å². The molecule has 1 aromatic carbocycles. The molecule has 0 amide bonds. The second-order valence-corrected chi connectivity index (χ2v) is 7.96. The average Bonchev–Trinajstić information content (AvgIpc) is 2.41. The van der Waals surface area contributed by atoms with E-state index in [1.54, 1.807) is 0 Å². The number of aliphatic hydroxyl groups excluding tert-OH is 1. The van der Waals surface area contributed by atoms with Crippen LogP contribution >= 0.6 is 0 Å². The third-order valence-electron chi connectivity index (χ3n) is 5.31. The third kappa shape index (κ3) is 3.63. The summed E-state index contributed by atoms with van der Waals surface area (Å²) in [6, 6.07) is 8.81. The Bertz CT molecular complexity index is 416. The van der Waals surface area contributed by atoms with Crippen LogP contribution in [0, 0.1) is 23.7 Å². The molecule has 1 aliphatic rings. The van der Waals surface area contributed by atoms with Crippen molar-refractivity contribution in [2.24, 2.45) is 16.7 Å². The predicted molar refractivity (Wildman–Crippen MR) is 85.8 cm³/mol. The minimum Gasteiger partial charge on any atom is -0.396 e. The van der Waals surface area contributed by atoms with Crippen LogP contribution in [0.2, 0.25) is 0 Å². The van der Waals surface area contributed by atoms with E-state index >= 15 is 0 Å². The standard InChI is InChI=1S/C19H30O/c1-15-5-7-16(8-6-15)13-19(14-20)11-9-17(10-12-19)18(2,3)4/h5-8,17,20H,9-14H2,1-4H3. The van der Waals surface area contributed by atoms with E-state index in [4.69, 9.17) is 0 Å². The van der Waals surface area contributed by atoms with Gasteiger partial charge in [-0.25, -0.2) is 0 Å². The lowest BCUT2D eigenvalue weighted by Crippen LogP contribution is -2.36. The molecule has 0 bridgehead atoms. The highest BCUT2D eigenvalue weighted by molar-refractivity contribution is 5.22. The molecule has 0 radical (unpaired) electrons. The van der Waals surface area contributed by atoms with E-state index in [0.29, 0.717) is 12.0 Å². The second-order valence-electron chi connectivity index (χ2n) is 7.96. The summed E-state index contributed by atoms with van der Waals surface area (Å²) in [5.74, 6) is 0.806. The Balaban J connectivity index is 2.03. The molecule has 1 aliphatic carbocycles. The van der Waals surface area contributed by atoms with Crippen LogP contribution in [0.4, 0.5) is 0 Å². The van der Waals surface area contributed by atoms with Gasteiger partial charge in [0.05, 0.1) is 0 Å². The quantitative estimate of drug-likeness (QED) is 0.843. The van der Waals surface area contributed by atoms with Crippen molar-refractivity contribution in [1.82, 2.24) is 0 Å². The van der Waals surface area contributed by atoms with Crippen molar-refractivity contribution in [3.05, 3.63) is 35.4 Å². The van der Waals surface area contributed by atoms with Gasteiger partial charge in [0.25, 0.3) is 0 Å². The van der Waals surface area contributed by atoms with E-state index in [2.05, 4.69) is 52.0 Å². The van der Waals surface area contributed by atoms with Gasteiger partial charge in [-0.15, -0.1) is 0 Å². The summed E-state index contributed by atoms with van der Waals surface area (Å²) >= 11 is 0. The topological polar surface area (TPSA) is 20.2 Å². The van der Waals surface area contributed by atoms with Crippen molar-refractivity contribution in [2.75, 3.05) is 6.61 Å². The van der Waals surface area contributed by atoms with Crippen LogP contribution in [0.25, 0.3) is 0 Å². The Morgan fingerprint density at radius 2 is 1.65 bits per heavy atom. The molecule has 1 N–H and O–H groups in total. The molecule has 0 aliphatic heterocycles. The first kappa shape index (κ1) is 15.6. The Morgan fingerprint density at radius 1 is 1.10 bits per heavy atom. The Hall–Kier alpha value is -0.820. The van der Waals surface area contributed by atoms with Crippen molar-refractivity contribution in [1.29, 1.82) is 0 Å². The summed E-state index contributed by atoms with van der Waals surface area (Å²) in [6.07, 6.45) is 5.88. The molecule has 0 atom stereocenters. The van der Waals surface area contributed by atoms with Crippen LogP contribution in [-0.2, 0) is 6.42 Å². The van der Waals surface area contributed by atoms with Gasteiger partial charge in [-0.2, -0.15) is 0 Å². The molecule has 0 saturated heterocycles. The lowest BCUT2D eigenvalue weighted by Gasteiger charge is -2.43. The lowest BCUT2D eigenvalue weighted by molar-refractivity contribution is 0.0369. The molecular formula is C19H30O. The van der Waals surface area contributed by atoms with Gasteiger partial charge in [0, 0.05) is 6.61 Å². The van der Waals surface area contributed by atoms with E-state index < -0.39 is 0 Å². The molecule has 0 spiro atoms. The molecule has 1 saturated carbocycles. The van der Waals surface area contributed by atoms with Crippen LogP contribution in [0.15, 0.2) is 24.3 Å². The Morgan fingerprint density at radius 3 is 2.10 bits per heavy atom. The van der Waals surface area contributed by atoms with Crippen molar-refractivity contribution in [2.45, 2.75) is 59.8 Å². The van der Waals surface area contributed by atoms with Gasteiger partial charge in [-0.1, -0.05) is 50.6 Å². The maximum absolute atomic E-state index is 9.95. The molecular weight excluding hydrogens is 244 g/mol.